The standard InChI is InChI=1S/C22H26O6/c1-17-7-3-5-9-19(17)21(23)27-15-13-25-11-12-26-14-16-28-22(24)20-10-6-4-8-18(20)2/h3-10H,11-16H2,1-2H3. The largest absolute Gasteiger partial charge is 0.460 e. The van der Waals surface area contributed by atoms with Gasteiger partial charge < -0.3 is 18.9 Å². The van der Waals surface area contributed by atoms with Crippen LogP contribution in [0.3, 0.4) is 0 Å². The van der Waals surface area contributed by atoms with Crippen LogP contribution in [0.15, 0.2) is 48.5 Å². The van der Waals surface area contributed by atoms with Crippen molar-refractivity contribution >= 4 is 11.9 Å². The zero-order valence-electron chi connectivity index (χ0n) is 16.3. The van der Waals surface area contributed by atoms with Crippen LogP contribution in [0.2, 0.25) is 0 Å². The Kier molecular flexibility index (Phi) is 9.18. The Bertz CT molecular complexity index is 706. The van der Waals surface area contributed by atoms with Gasteiger partial charge in [-0.1, -0.05) is 36.4 Å². The van der Waals surface area contributed by atoms with Crippen LogP contribution in [0.1, 0.15) is 31.8 Å². The van der Waals surface area contributed by atoms with Crippen LogP contribution in [0.5, 0.6) is 0 Å². The molecule has 0 bridgehead atoms. The highest BCUT2D eigenvalue weighted by Crippen LogP contribution is 2.09. The zero-order chi connectivity index (χ0) is 20.2. The molecule has 6 nitrogen and oxygen atoms in total. The Hall–Kier alpha value is -2.70. The highest BCUT2D eigenvalue weighted by atomic mass is 16.6. The molecule has 0 spiro atoms. The molecule has 0 heterocycles. The van der Waals surface area contributed by atoms with E-state index in [-0.39, 0.29) is 25.2 Å². The third-order valence-electron chi connectivity index (χ3n) is 4.02. The van der Waals surface area contributed by atoms with Crippen molar-refractivity contribution in [3.05, 3.63) is 70.8 Å². The summed E-state index contributed by atoms with van der Waals surface area (Å²) in [5.41, 5.74) is 2.88. The average Bonchev–Trinajstić information content (AvgIpc) is 2.69. The maximum atomic E-state index is 11.9. The molecule has 0 aliphatic rings. The van der Waals surface area contributed by atoms with Gasteiger partial charge in [0.1, 0.15) is 13.2 Å². The third kappa shape index (κ3) is 7.13. The number of carbonyl (C=O) groups is 2. The fraction of sp³-hybridized carbons (Fsp3) is 0.364. The molecule has 0 aliphatic carbocycles. The summed E-state index contributed by atoms with van der Waals surface area (Å²) in [5.74, 6) is -0.707. The van der Waals surface area contributed by atoms with E-state index in [1.807, 2.05) is 38.1 Å². The summed E-state index contributed by atoms with van der Waals surface area (Å²) in [6, 6.07) is 14.5. The molecule has 0 saturated carbocycles. The minimum Gasteiger partial charge on any atom is -0.460 e. The van der Waals surface area contributed by atoms with Crippen LogP contribution in [-0.2, 0) is 18.9 Å². The topological polar surface area (TPSA) is 71.1 Å². The molecule has 0 aromatic heterocycles. The van der Waals surface area contributed by atoms with Crippen LogP contribution in [0.4, 0.5) is 0 Å². The van der Waals surface area contributed by atoms with E-state index in [2.05, 4.69) is 0 Å². The summed E-state index contributed by atoms with van der Waals surface area (Å²) in [6.07, 6.45) is 0. The second-order valence-corrected chi connectivity index (χ2v) is 6.13. The van der Waals surface area contributed by atoms with E-state index in [0.29, 0.717) is 37.6 Å². The summed E-state index contributed by atoms with van der Waals surface area (Å²) < 4.78 is 21.0. The van der Waals surface area contributed by atoms with Crippen LogP contribution in [0, 0.1) is 13.8 Å². The van der Waals surface area contributed by atoms with Gasteiger partial charge in [0.25, 0.3) is 0 Å². The van der Waals surface area contributed by atoms with Gasteiger partial charge in [0.15, 0.2) is 0 Å². The monoisotopic (exact) mass is 386 g/mol. The van der Waals surface area contributed by atoms with Crippen molar-refractivity contribution in [2.45, 2.75) is 13.8 Å². The van der Waals surface area contributed by atoms with Crippen molar-refractivity contribution in [1.82, 2.24) is 0 Å². The number of aryl methyl sites for hydroxylation is 2. The molecule has 0 amide bonds. The van der Waals surface area contributed by atoms with Gasteiger partial charge in [0.2, 0.25) is 0 Å². The van der Waals surface area contributed by atoms with E-state index in [1.165, 1.54) is 0 Å². The Balaban J connectivity index is 1.47. The third-order valence-corrected chi connectivity index (χ3v) is 4.02. The maximum Gasteiger partial charge on any atom is 0.338 e. The first-order chi connectivity index (χ1) is 13.6. The van der Waals surface area contributed by atoms with Gasteiger partial charge >= 0.3 is 11.9 Å². The predicted molar refractivity (Wildman–Crippen MR) is 105 cm³/mol. The lowest BCUT2D eigenvalue weighted by atomic mass is 10.1. The van der Waals surface area contributed by atoms with E-state index < -0.39 is 0 Å². The van der Waals surface area contributed by atoms with E-state index in [4.69, 9.17) is 18.9 Å². The van der Waals surface area contributed by atoms with Crippen molar-refractivity contribution in [2.24, 2.45) is 0 Å². The quantitative estimate of drug-likeness (QED) is 0.436. The summed E-state index contributed by atoms with van der Waals surface area (Å²) >= 11 is 0. The highest BCUT2D eigenvalue weighted by Gasteiger charge is 2.10. The number of carbonyl (C=O) groups excluding carboxylic acids is 2. The Morgan fingerprint density at radius 3 is 1.36 bits per heavy atom. The van der Waals surface area contributed by atoms with Gasteiger partial charge in [0, 0.05) is 0 Å². The van der Waals surface area contributed by atoms with E-state index in [0.717, 1.165) is 11.1 Å². The van der Waals surface area contributed by atoms with Crippen LogP contribution >= 0.6 is 0 Å². The minimum atomic E-state index is -0.353. The number of hydrogen-bond acceptors (Lipinski definition) is 6. The molecule has 0 radical (unpaired) electrons. The molecule has 2 rings (SSSR count). The molecule has 0 N–H and O–H groups in total. The van der Waals surface area contributed by atoms with Gasteiger partial charge in [-0.2, -0.15) is 0 Å². The van der Waals surface area contributed by atoms with Gasteiger partial charge in [0.05, 0.1) is 37.6 Å². The fourth-order valence-corrected chi connectivity index (χ4v) is 2.47. The first-order valence-electron chi connectivity index (χ1n) is 9.20. The maximum absolute atomic E-state index is 11.9. The molecule has 0 atom stereocenters. The smallest absolute Gasteiger partial charge is 0.338 e. The van der Waals surface area contributed by atoms with Crippen LogP contribution in [0.25, 0.3) is 0 Å². The predicted octanol–water partition coefficient (Wildman–Crippen LogP) is 3.35. The number of benzene rings is 2. The van der Waals surface area contributed by atoms with Gasteiger partial charge in [-0.3, -0.25) is 0 Å². The number of esters is 2. The molecule has 0 fully saturated rings. The Labute approximate surface area is 165 Å². The van der Waals surface area contributed by atoms with Crippen molar-refractivity contribution in [3.8, 4) is 0 Å². The summed E-state index contributed by atoms with van der Waals surface area (Å²) in [6.45, 7) is 5.42. The lowest BCUT2D eigenvalue weighted by Crippen LogP contribution is -2.15. The first-order valence-corrected chi connectivity index (χ1v) is 9.20. The van der Waals surface area contributed by atoms with Gasteiger partial charge in [-0.05, 0) is 37.1 Å². The molecule has 150 valence electrons. The molecule has 0 saturated heterocycles. The van der Waals surface area contributed by atoms with Gasteiger partial charge in [-0.25, -0.2) is 9.59 Å². The van der Waals surface area contributed by atoms with E-state index in [9.17, 15) is 9.59 Å². The molecule has 6 heteroatoms. The lowest BCUT2D eigenvalue weighted by Gasteiger charge is -2.09. The number of rotatable bonds is 11. The fourth-order valence-electron chi connectivity index (χ4n) is 2.47. The number of ether oxygens (including phenoxy) is 4. The Morgan fingerprint density at radius 1 is 0.607 bits per heavy atom. The van der Waals surface area contributed by atoms with Crippen molar-refractivity contribution in [2.75, 3.05) is 39.6 Å². The SMILES string of the molecule is Cc1ccccc1C(=O)OCCOCCOCCOC(=O)c1ccccc1C. The molecular formula is C22H26O6. The minimum absolute atomic E-state index is 0.182. The zero-order valence-corrected chi connectivity index (χ0v) is 16.3. The normalized spacial score (nSPS) is 10.5. The average molecular weight is 386 g/mol. The summed E-state index contributed by atoms with van der Waals surface area (Å²) in [4.78, 5) is 23.8. The van der Waals surface area contributed by atoms with Crippen LogP contribution in [-0.4, -0.2) is 51.6 Å². The van der Waals surface area contributed by atoms with E-state index >= 15 is 0 Å². The summed E-state index contributed by atoms with van der Waals surface area (Å²) in [7, 11) is 0. The molecule has 28 heavy (non-hydrogen) atoms. The second kappa shape index (κ2) is 11.9. The molecule has 2 aromatic carbocycles. The molecular weight excluding hydrogens is 360 g/mol. The van der Waals surface area contributed by atoms with Crippen LogP contribution < -0.4 is 0 Å². The molecule has 0 unspecified atom stereocenters. The van der Waals surface area contributed by atoms with E-state index in [1.54, 1.807) is 24.3 Å². The highest BCUT2D eigenvalue weighted by molar-refractivity contribution is 5.91. The first kappa shape index (κ1) is 21.6. The van der Waals surface area contributed by atoms with Crippen molar-refractivity contribution < 1.29 is 28.5 Å². The van der Waals surface area contributed by atoms with Gasteiger partial charge in [-0.15, -0.1) is 0 Å². The number of hydrogen-bond donors (Lipinski definition) is 0. The Morgan fingerprint density at radius 2 is 0.964 bits per heavy atom. The summed E-state index contributed by atoms with van der Waals surface area (Å²) in [5, 5.41) is 0. The van der Waals surface area contributed by atoms with Crippen molar-refractivity contribution in [1.29, 1.82) is 0 Å². The second-order valence-electron chi connectivity index (χ2n) is 6.13. The molecule has 2 aromatic rings. The van der Waals surface area contributed by atoms with Crippen molar-refractivity contribution in [3.63, 3.8) is 0 Å². The molecule has 0 aliphatic heterocycles. The lowest BCUT2D eigenvalue weighted by molar-refractivity contribution is 0.00225.